The molecule has 21 heavy (non-hydrogen) atoms. The monoisotopic (exact) mass is 305 g/mol. The molecule has 2 heterocycles. The Hall–Kier alpha value is -1.69. The summed E-state index contributed by atoms with van der Waals surface area (Å²) in [4.78, 5) is 14.5. The SMILES string of the molecule is CCc1cnc(C(C)Nc2ncnc(NC)c2C(C)C)s1. The zero-order valence-corrected chi connectivity index (χ0v) is 14.1. The van der Waals surface area contributed by atoms with Crippen molar-refractivity contribution in [2.24, 2.45) is 0 Å². The molecule has 0 aliphatic heterocycles. The summed E-state index contributed by atoms with van der Waals surface area (Å²) < 4.78 is 0. The lowest BCUT2D eigenvalue weighted by molar-refractivity contribution is 0.816. The van der Waals surface area contributed by atoms with Gasteiger partial charge in [-0.2, -0.15) is 0 Å². The van der Waals surface area contributed by atoms with Crippen molar-refractivity contribution < 1.29 is 0 Å². The maximum absolute atomic E-state index is 4.50. The van der Waals surface area contributed by atoms with Crippen LogP contribution in [-0.2, 0) is 6.42 Å². The highest BCUT2D eigenvalue weighted by molar-refractivity contribution is 7.11. The Morgan fingerprint density at radius 2 is 1.86 bits per heavy atom. The normalized spacial score (nSPS) is 12.5. The summed E-state index contributed by atoms with van der Waals surface area (Å²) in [5.41, 5.74) is 1.11. The second-order valence-electron chi connectivity index (χ2n) is 5.27. The van der Waals surface area contributed by atoms with Crippen molar-refractivity contribution in [1.29, 1.82) is 0 Å². The van der Waals surface area contributed by atoms with Gasteiger partial charge >= 0.3 is 0 Å². The highest BCUT2D eigenvalue weighted by Gasteiger charge is 2.17. The fourth-order valence-corrected chi connectivity index (χ4v) is 3.07. The van der Waals surface area contributed by atoms with Gasteiger partial charge in [-0.3, -0.25) is 0 Å². The summed E-state index contributed by atoms with van der Waals surface area (Å²) in [6, 6.07) is 0.132. The molecule has 1 atom stereocenters. The summed E-state index contributed by atoms with van der Waals surface area (Å²) >= 11 is 1.75. The molecule has 114 valence electrons. The highest BCUT2D eigenvalue weighted by Crippen LogP contribution is 2.31. The van der Waals surface area contributed by atoms with E-state index in [1.807, 2.05) is 13.2 Å². The fourth-order valence-electron chi connectivity index (χ4n) is 2.21. The van der Waals surface area contributed by atoms with E-state index in [1.54, 1.807) is 17.7 Å². The first-order valence-corrected chi connectivity index (χ1v) is 8.12. The number of aryl methyl sites for hydroxylation is 1. The molecule has 5 nitrogen and oxygen atoms in total. The van der Waals surface area contributed by atoms with E-state index in [0.717, 1.165) is 28.6 Å². The number of aromatic nitrogens is 3. The number of anilines is 2. The van der Waals surface area contributed by atoms with E-state index in [9.17, 15) is 0 Å². The van der Waals surface area contributed by atoms with Gasteiger partial charge < -0.3 is 10.6 Å². The van der Waals surface area contributed by atoms with Gasteiger partial charge in [0, 0.05) is 23.7 Å². The van der Waals surface area contributed by atoms with Crippen LogP contribution >= 0.6 is 11.3 Å². The van der Waals surface area contributed by atoms with Crippen LogP contribution in [0.1, 0.15) is 55.1 Å². The summed E-state index contributed by atoms with van der Waals surface area (Å²) in [5, 5.41) is 7.71. The van der Waals surface area contributed by atoms with Gasteiger partial charge in [0.1, 0.15) is 23.0 Å². The van der Waals surface area contributed by atoms with Gasteiger partial charge in [0.25, 0.3) is 0 Å². The maximum atomic E-state index is 4.50. The first kappa shape index (κ1) is 15.7. The molecule has 0 saturated carbocycles. The van der Waals surface area contributed by atoms with E-state index in [4.69, 9.17) is 0 Å². The molecule has 2 rings (SSSR count). The zero-order chi connectivity index (χ0) is 15.4. The Bertz CT molecular complexity index is 593. The van der Waals surface area contributed by atoms with Crippen molar-refractivity contribution in [1.82, 2.24) is 15.0 Å². The second-order valence-corrected chi connectivity index (χ2v) is 6.42. The molecule has 2 aromatic heterocycles. The molecule has 0 aliphatic carbocycles. The fraction of sp³-hybridized carbons (Fsp3) is 0.533. The topological polar surface area (TPSA) is 62.7 Å². The molecule has 0 radical (unpaired) electrons. The minimum absolute atomic E-state index is 0.132. The molecular formula is C15H23N5S. The Morgan fingerprint density at radius 3 is 2.43 bits per heavy atom. The Balaban J connectivity index is 2.26. The van der Waals surface area contributed by atoms with Crippen LogP contribution in [0.3, 0.4) is 0 Å². The van der Waals surface area contributed by atoms with Crippen LogP contribution in [0, 0.1) is 0 Å². The van der Waals surface area contributed by atoms with Gasteiger partial charge in [0.2, 0.25) is 0 Å². The summed E-state index contributed by atoms with van der Waals surface area (Å²) in [6.45, 7) is 8.56. The van der Waals surface area contributed by atoms with Crippen molar-refractivity contribution in [3.8, 4) is 0 Å². The van der Waals surface area contributed by atoms with Crippen molar-refractivity contribution in [3.63, 3.8) is 0 Å². The van der Waals surface area contributed by atoms with E-state index in [-0.39, 0.29) is 6.04 Å². The zero-order valence-electron chi connectivity index (χ0n) is 13.3. The van der Waals surface area contributed by atoms with Crippen LogP contribution in [0.15, 0.2) is 12.5 Å². The first-order chi connectivity index (χ1) is 10.1. The van der Waals surface area contributed by atoms with Crippen LogP contribution in [-0.4, -0.2) is 22.0 Å². The van der Waals surface area contributed by atoms with Gasteiger partial charge in [-0.1, -0.05) is 20.8 Å². The predicted octanol–water partition coefficient (Wildman–Crippen LogP) is 3.83. The molecular weight excluding hydrogens is 282 g/mol. The van der Waals surface area contributed by atoms with Gasteiger partial charge in [0.05, 0.1) is 6.04 Å². The molecule has 2 aromatic rings. The predicted molar refractivity (Wildman–Crippen MR) is 89.2 cm³/mol. The molecule has 2 N–H and O–H groups in total. The van der Waals surface area contributed by atoms with E-state index in [2.05, 4.69) is 53.3 Å². The number of hydrogen-bond acceptors (Lipinski definition) is 6. The second kappa shape index (κ2) is 6.85. The molecule has 0 aromatic carbocycles. The third-order valence-electron chi connectivity index (χ3n) is 3.34. The average Bonchev–Trinajstić information content (AvgIpc) is 2.95. The third kappa shape index (κ3) is 3.50. The average molecular weight is 305 g/mol. The number of nitrogens with zero attached hydrogens (tertiary/aromatic N) is 3. The van der Waals surface area contributed by atoms with E-state index < -0.39 is 0 Å². The van der Waals surface area contributed by atoms with Crippen molar-refractivity contribution in [3.05, 3.63) is 28.0 Å². The largest absolute Gasteiger partial charge is 0.373 e. The molecule has 0 fully saturated rings. The quantitative estimate of drug-likeness (QED) is 0.849. The minimum Gasteiger partial charge on any atom is -0.373 e. The Morgan fingerprint density at radius 1 is 1.14 bits per heavy atom. The molecule has 0 aliphatic rings. The van der Waals surface area contributed by atoms with Crippen LogP contribution < -0.4 is 10.6 Å². The van der Waals surface area contributed by atoms with E-state index >= 15 is 0 Å². The molecule has 6 heteroatoms. The molecule has 1 unspecified atom stereocenters. The van der Waals surface area contributed by atoms with Crippen LogP contribution in [0.25, 0.3) is 0 Å². The van der Waals surface area contributed by atoms with Gasteiger partial charge in [-0.05, 0) is 19.3 Å². The summed E-state index contributed by atoms with van der Waals surface area (Å²) in [5.74, 6) is 2.10. The van der Waals surface area contributed by atoms with Gasteiger partial charge in [0.15, 0.2) is 0 Å². The maximum Gasteiger partial charge on any atom is 0.135 e. The minimum atomic E-state index is 0.132. The lowest BCUT2D eigenvalue weighted by Crippen LogP contribution is -2.12. The molecule has 0 amide bonds. The smallest absolute Gasteiger partial charge is 0.135 e. The van der Waals surface area contributed by atoms with Crippen molar-refractivity contribution >= 4 is 23.0 Å². The summed E-state index contributed by atoms with van der Waals surface area (Å²) in [6.07, 6.45) is 4.58. The van der Waals surface area contributed by atoms with Crippen LogP contribution in [0.4, 0.5) is 11.6 Å². The van der Waals surface area contributed by atoms with E-state index in [1.165, 1.54) is 4.88 Å². The third-order valence-corrected chi connectivity index (χ3v) is 4.67. The Kier molecular flexibility index (Phi) is 5.12. The van der Waals surface area contributed by atoms with E-state index in [0.29, 0.717) is 5.92 Å². The number of thiazole rings is 1. The first-order valence-electron chi connectivity index (χ1n) is 7.30. The molecule has 0 spiro atoms. The lowest BCUT2D eigenvalue weighted by Gasteiger charge is -2.19. The molecule has 0 saturated heterocycles. The van der Waals surface area contributed by atoms with Crippen molar-refractivity contribution in [2.45, 2.75) is 46.1 Å². The summed E-state index contributed by atoms with van der Waals surface area (Å²) in [7, 11) is 1.88. The van der Waals surface area contributed by atoms with Gasteiger partial charge in [-0.25, -0.2) is 15.0 Å². The highest BCUT2D eigenvalue weighted by atomic mass is 32.1. The standard InChI is InChI=1S/C15H23N5S/c1-6-11-7-17-15(21-11)10(4)20-14-12(9(2)3)13(16-5)18-8-19-14/h7-10H,6H2,1-5H3,(H2,16,18,19,20). The van der Waals surface area contributed by atoms with Gasteiger partial charge in [-0.15, -0.1) is 11.3 Å². The Labute approximate surface area is 130 Å². The van der Waals surface area contributed by atoms with Crippen molar-refractivity contribution in [2.75, 3.05) is 17.7 Å². The lowest BCUT2D eigenvalue weighted by atomic mass is 10.0. The number of rotatable bonds is 6. The number of nitrogens with one attached hydrogen (secondary N) is 2. The molecule has 0 bridgehead atoms. The van der Waals surface area contributed by atoms with Crippen LogP contribution in [0.5, 0.6) is 0 Å². The van der Waals surface area contributed by atoms with Crippen LogP contribution in [0.2, 0.25) is 0 Å². The number of hydrogen-bond donors (Lipinski definition) is 2.